The zero-order valence-corrected chi connectivity index (χ0v) is 13.1. The fourth-order valence-corrected chi connectivity index (χ4v) is 2.24. The molecule has 3 aromatic rings. The van der Waals surface area contributed by atoms with Crippen molar-refractivity contribution in [2.45, 2.75) is 6.92 Å². The maximum atomic E-state index is 12.2. The van der Waals surface area contributed by atoms with E-state index in [4.69, 9.17) is 4.42 Å². The number of rotatable bonds is 4. The molecule has 0 fully saturated rings. The van der Waals surface area contributed by atoms with Crippen LogP contribution in [0.25, 0.3) is 16.8 Å². The summed E-state index contributed by atoms with van der Waals surface area (Å²) in [5.74, 6) is 0.150. The lowest BCUT2D eigenvalue weighted by molar-refractivity contribution is 0.0952. The number of phenolic OH excluding ortho intramolecular Hbond substituents is 1. The standard InChI is InChI=1S/C19H16N2O3/c1-13(8-9-16-7-4-10-24-16)20-21-19(23)17-11-14-5-2-3-6-15(14)12-18(17)22/h2-12,22H,1H3,(H,21,23). The van der Waals surface area contributed by atoms with Gasteiger partial charge in [0.1, 0.15) is 11.5 Å². The normalized spacial score (nSPS) is 12.0. The first kappa shape index (κ1) is 15.6. The highest BCUT2D eigenvalue weighted by Crippen LogP contribution is 2.24. The SMILES string of the molecule is CC(C=Cc1ccco1)=NNC(=O)c1cc2ccccc2cc1O. The summed E-state index contributed by atoms with van der Waals surface area (Å²) in [4.78, 5) is 12.2. The van der Waals surface area contributed by atoms with Crippen LogP contribution in [0.2, 0.25) is 0 Å². The lowest BCUT2D eigenvalue weighted by Crippen LogP contribution is -2.18. The smallest absolute Gasteiger partial charge is 0.275 e. The van der Waals surface area contributed by atoms with Crippen LogP contribution in [0.1, 0.15) is 23.0 Å². The summed E-state index contributed by atoms with van der Waals surface area (Å²) in [7, 11) is 0. The summed E-state index contributed by atoms with van der Waals surface area (Å²) in [6.45, 7) is 1.75. The number of hydrogen-bond acceptors (Lipinski definition) is 4. The van der Waals surface area contributed by atoms with Crippen LogP contribution in [-0.2, 0) is 0 Å². The molecule has 2 N–H and O–H groups in total. The molecule has 24 heavy (non-hydrogen) atoms. The van der Waals surface area contributed by atoms with Gasteiger partial charge in [-0.3, -0.25) is 4.79 Å². The van der Waals surface area contributed by atoms with E-state index in [1.807, 2.05) is 30.3 Å². The van der Waals surface area contributed by atoms with Crippen molar-refractivity contribution in [3.8, 4) is 5.75 Å². The van der Waals surface area contributed by atoms with Crippen LogP contribution in [0.3, 0.4) is 0 Å². The molecule has 0 aliphatic carbocycles. The second kappa shape index (κ2) is 6.83. The van der Waals surface area contributed by atoms with Gasteiger partial charge in [-0.2, -0.15) is 5.10 Å². The fraction of sp³-hybridized carbons (Fsp3) is 0.0526. The van der Waals surface area contributed by atoms with Gasteiger partial charge in [-0.1, -0.05) is 24.3 Å². The number of carbonyl (C=O) groups is 1. The Balaban J connectivity index is 1.75. The third-order valence-electron chi connectivity index (χ3n) is 3.47. The van der Waals surface area contributed by atoms with Crippen LogP contribution in [-0.4, -0.2) is 16.7 Å². The number of furan rings is 1. The third kappa shape index (κ3) is 3.52. The Morgan fingerprint density at radius 2 is 1.92 bits per heavy atom. The van der Waals surface area contributed by atoms with E-state index in [9.17, 15) is 9.90 Å². The number of nitrogens with zero attached hydrogens (tertiary/aromatic N) is 1. The van der Waals surface area contributed by atoms with Crippen molar-refractivity contribution in [1.82, 2.24) is 5.43 Å². The van der Waals surface area contributed by atoms with E-state index in [1.165, 1.54) is 0 Å². The Kier molecular flexibility index (Phi) is 4.43. The number of hydrogen-bond donors (Lipinski definition) is 2. The number of benzene rings is 2. The minimum absolute atomic E-state index is 0.0785. The zero-order chi connectivity index (χ0) is 16.9. The zero-order valence-electron chi connectivity index (χ0n) is 13.1. The molecule has 0 saturated carbocycles. The molecule has 0 saturated heterocycles. The van der Waals surface area contributed by atoms with E-state index in [2.05, 4.69) is 10.5 Å². The van der Waals surface area contributed by atoms with E-state index in [0.717, 1.165) is 10.8 Å². The Morgan fingerprint density at radius 1 is 1.17 bits per heavy atom. The molecule has 0 spiro atoms. The summed E-state index contributed by atoms with van der Waals surface area (Å²) < 4.78 is 5.17. The molecular weight excluding hydrogens is 304 g/mol. The third-order valence-corrected chi connectivity index (χ3v) is 3.47. The average molecular weight is 320 g/mol. The second-order valence-corrected chi connectivity index (χ2v) is 5.26. The number of carbonyl (C=O) groups excluding carboxylic acids is 1. The van der Waals surface area contributed by atoms with Crippen molar-refractivity contribution in [1.29, 1.82) is 0 Å². The summed E-state index contributed by atoms with van der Waals surface area (Å²) in [5.41, 5.74) is 3.22. The minimum atomic E-state index is -0.469. The Morgan fingerprint density at radius 3 is 2.62 bits per heavy atom. The molecule has 0 unspecified atom stereocenters. The molecule has 0 aliphatic heterocycles. The number of amides is 1. The van der Waals surface area contributed by atoms with Crippen LogP contribution < -0.4 is 5.43 Å². The topological polar surface area (TPSA) is 74.8 Å². The van der Waals surface area contributed by atoms with Crippen molar-refractivity contribution in [3.63, 3.8) is 0 Å². The Hall–Kier alpha value is -3.34. The van der Waals surface area contributed by atoms with Gasteiger partial charge in [0.05, 0.1) is 17.5 Å². The van der Waals surface area contributed by atoms with E-state index >= 15 is 0 Å². The van der Waals surface area contributed by atoms with Crippen molar-refractivity contribution < 1.29 is 14.3 Å². The molecule has 5 heteroatoms. The van der Waals surface area contributed by atoms with Gasteiger partial charge in [-0.25, -0.2) is 5.43 Å². The monoisotopic (exact) mass is 320 g/mol. The molecule has 1 aromatic heterocycles. The first-order chi connectivity index (χ1) is 11.6. The van der Waals surface area contributed by atoms with Crippen LogP contribution in [0, 0.1) is 0 Å². The second-order valence-electron chi connectivity index (χ2n) is 5.26. The lowest BCUT2D eigenvalue weighted by Gasteiger charge is -2.06. The number of fused-ring (bicyclic) bond motifs is 1. The van der Waals surface area contributed by atoms with Crippen LogP contribution >= 0.6 is 0 Å². The maximum absolute atomic E-state index is 12.2. The molecule has 3 rings (SSSR count). The van der Waals surface area contributed by atoms with Gasteiger partial charge in [0, 0.05) is 0 Å². The number of nitrogens with one attached hydrogen (secondary N) is 1. The molecule has 120 valence electrons. The first-order valence-corrected chi connectivity index (χ1v) is 7.41. The van der Waals surface area contributed by atoms with Gasteiger partial charge in [0.25, 0.3) is 5.91 Å². The fourth-order valence-electron chi connectivity index (χ4n) is 2.24. The quantitative estimate of drug-likeness (QED) is 0.564. The van der Waals surface area contributed by atoms with Crippen molar-refractivity contribution in [3.05, 3.63) is 72.2 Å². The molecule has 5 nitrogen and oxygen atoms in total. The summed E-state index contributed by atoms with van der Waals surface area (Å²) >= 11 is 0. The van der Waals surface area contributed by atoms with E-state index < -0.39 is 5.91 Å². The van der Waals surface area contributed by atoms with Gasteiger partial charge in [0.15, 0.2) is 0 Å². The predicted molar refractivity (Wildman–Crippen MR) is 93.9 cm³/mol. The van der Waals surface area contributed by atoms with Crippen LogP contribution in [0.5, 0.6) is 5.75 Å². The van der Waals surface area contributed by atoms with Gasteiger partial charge in [-0.15, -0.1) is 0 Å². The van der Waals surface area contributed by atoms with Gasteiger partial charge < -0.3 is 9.52 Å². The lowest BCUT2D eigenvalue weighted by atomic mass is 10.1. The Labute approximate surface area is 138 Å². The molecule has 1 amide bonds. The largest absolute Gasteiger partial charge is 0.507 e. The van der Waals surface area contributed by atoms with Gasteiger partial charge >= 0.3 is 0 Å². The van der Waals surface area contributed by atoms with E-state index in [1.54, 1.807) is 43.5 Å². The summed E-state index contributed by atoms with van der Waals surface area (Å²) in [6, 6.07) is 14.3. The maximum Gasteiger partial charge on any atom is 0.275 e. The number of phenols is 1. The molecule has 2 aromatic carbocycles. The number of allylic oxidation sites excluding steroid dienone is 1. The minimum Gasteiger partial charge on any atom is -0.507 e. The highest BCUT2D eigenvalue weighted by Gasteiger charge is 2.11. The van der Waals surface area contributed by atoms with Gasteiger partial charge in [-0.05, 0) is 54.1 Å². The average Bonchev–Trinajstić information content (AvgIpc) is 3.10. The predicted octanol–water partition coefficient (Wildman–Crippen LogP) is 3.96. The molecular formula is C19H16N2O3. The van der Waals surface area contributed by atoms with Crippen molar-refractivity contribution in [2.24, 2.45) is 5.10 Å². The van der Waals surface area contributed by atoms with Crippen LogP contribution in [0.4, 0.5) is 0 Å². The van der Waals surface area contributed by atoms with E-state index in [-0.39, 0.29) is 11.3 Å². The summed E-state index contributed by atoms with van der Waals surface area (Å²) in [5, 5.41) is 15.8. The van der Waals surface area contributed by atoms with Gasteiger partial charge in [0.2, 0.25) is 0 Å². The van der Waals surface area contributed by atoms with E-state index in [0.29, 0.717) is 11.5 Å². The van der Waals surface area contributed by atoms with Crippen LogP contribution in [0.15, 0.2) is 70.4 Å². The molecule has 0 bridgehead atoms. The van der Waals surface area contributed by atoms with Crippen molar-refractivity contribution >= 4 is 28.5 Å². The Bertz CT molecular complexity index is 925. The highest BCUT2D eigenvalue weighted by molar-refractivity contribution is 6.03. The highest BCUT2D eigenvalue weighted by atomic mass is 16.3. The number of hydrazone groups is 1. The summed E-state index contributed by atoms with van der Waals surface area (Å²) in [6.07, 6.45) is 5.05. The molecule has 0 atom stereocenters. The molecule has 1 heterocycles. The number of aromatic hydroxyl groups is 1. The van der Waals surface area contributed by atoms with Crippen molar-refractivity contribution in [2.75, 3.05) is 0 Å². The first-order valence-electron chi connectivity index (χ1n) is 7.41. The molecule has 0 radical (unpaired) electrons. The molecule has 0 aliphatic rings.